The predicted molar refractivity (Wildman–Crippen MR) is 91.8 cm³/mol. The van der Waals surface area contributed by atoms with Gasteiger partial charge in [0.1, 0.15) is 0 Å². The van der Waals surface area contributed by atoms with E-state index in [4.69, 9.17) is 4.74 Å². The van der Waals surface area contributed by atoms with Gasteiger partial charge >= 0.3 is 0 Å². The van der Waals surface area contributed by atoms with Crippen molar-refractivity contribution in [1.82, 2.24) is 10.2 Å². The van der Waals surface area contributed by atoms with Gasteiger partial charge in [0, 0.05) is 38.3 Å². The number of nitrogens with zero attached hydrogens (tertiary/aromatic N) is 1. The summed E-state index contributed by atoms with van der Waals surface area (Å²) in [7, 11) is 0. The first-order valence-electron chi connectivity index (χ1n) is 8.89. The third kappa shape index (κ3) is 7.12. The second-order valence-electron chi connectivity index (χ2n) is 8.06. The molecule has 2 atom stereocenters. The fourth-order valence-corrected chi connectivity index (χ4v) is 2.93. The van der Waals surface area contributed by atoms with Gasteiger partial charge in [-0.2, -0.15) is 0 Å². The highest BCUT2D eigenvalue weighted by atomic mass is 16.5. The van der Waals surface area contributed by atoms with Crippen LogP contribution in [0.25, 0.3) is 0 Å². The summed E-state index contributed by atoms with van der Waals surface area (Å²) in [5, 5.41) is 3.76. The standard InChI is InChI=1S/C18H38N2O/c1-7-8-16-13-19-17(18(4,5)6)14-20(16)10-12-21-11-9-15(2)3/h15-17,19H,7-14H2,1-6H3. The summed E-state index contributed by atoms with van der Waals surface area (Å²) in [6.07, 6.45) is 3.72. The van der Waals surface area contributed by atoms with E-state index < -0.39 is 0 Å². The van der Waals surface area contributed by atoms with Gasteiger partial charge in [-0.15, -0.1) is 0 Å². The van der Waals surface area contributed by atoms with E-state index in [0.29, 0.717) is 17.5 Å². The van der Waals surface area contributed by atoms with Crippen LogP contribution in [0.3, 0.4) is 0 Å². The van der Waals surface area contributed by atoms with Gasteiger partial charge in [0.25, 0.3) is 0 Å². The van der Waals surface area contributed by atoms with Gasteiger partial charge in [-0.05, 0) is 24.2 Å². The number of hydrogen-bond donors (Lipinski definition) is 1. The van der Waals surface area contributed by atoms with Gasteiger partial charge in [-0.3, -0.25) is 4.90 Å². The summed E-state index contributed by atoms with van der Waals surface area (Å²) in [4.78, 5) is 2.66. The van der Waals surface area contributed by atoms with Crippen molar-refractivity contribution in [2.45, 2.75) is 72.9 Å². The number of nitrogens with one attached hydrogen (secondary N) is 1. The molecule has 0 amide bonds. The summed E-state index contributed by atoms with van der Waals surface area (Å²) in [6.45, 7) is 18.9. The van der Waals surface area contributed by atoms with Gasteiger partial charge in [-0.25, -0.2) is 0 Å². The number of ether oxygens (including phenoxy) is 1. The zero-order valence-electron chi connectivity index (χ0n) is 15.2. The lowest BCUT2D eigenvalue weighted by molar-refractivity contribution is 0.0411. The molecule has 1 heterocycles. The highest BCUT2D eigenvalue weighted by Crippen LogP contribution is 2.24. The van der Waals surface area contributed by atoms with Gasteiger partial charge in [0.05, 0.1) is 6.61 Å². The van der Waals surface area contributed by atoms with Crippen molar-refractivity contribution in [2.24, 2.45) is 11.3 Å². The van der Waals surface area contributed by atoms with Crippen molar-refractivity contribution in [3.63, 3.8) is 0 Å². The molecule has 1 aliphatic rings. The molecular weight excluding hydrogens is 260 g/mol. The number of hydrogen-bond acceptors (Lipinski definition) is 3. The third-order valence-electron chi connectivity index (χ3n) is 4.56. The molecule has 0 aromatic rings. The molecule has 0 radical (unpaired) electrons. The van der Waals surface area contributed by atoms with Gasteiger partial charge in [0.2, 0.25) is 0 Å². The minimum atomic E-state index is 0.327. The van der Waals surface area contributed by atoms with E-state index in [1.807, 2.05) is 0 Å². The normalized spacial score (nSPS) is 24.7. The molecule has 1 aliphatic heterocycles. The van der Waals surface area contributed by atoms with Gasteiger partial charge < -0.3 is 10.1 Å². The van der Waals surface area contributed by atoms with Crippen LogP contribution in [-0.2, 0) is 4.74 Å². The Morgan fingerprint density at radius 3 is 2.52 bits per heavy atom. The zero-order valence-corrected chi connectivity index (χ0v) is 15.2. The summed E-state index contributed by atoms with van der Waals surface area (Å²) in [5.41, 5.74) is 0.327. The molecule has 1 rings (SSSR count). The Hall–Kier alpha value is -0.120. The molecule has 21 heavy (non-hydrogen) atoms. The highest BCUT2D eigenvalue weighted by molar-refractivity contribution is 4.91. The van der Waals surface area contributed by atoms with Crippen LogP contribution in [0, 0.1) is 11.3 Å². The van der Waals surface area contributed by atoms with Crippen molar-refractivity contribution in [3.05, 3.63) is 0 Å². The molecule has 0 aromatic carbocycles. The van der Waals surface area contributed by atoms with Crippen molar-refractivity contribution in [1.29, 1.82) is 0 Å². The van der Waals surface area contributed by atoms with E-state index in [0.717, 1.165) is 38.8 Å². The number of rotatable bonds is 8. The van der Waals surface area contributed by atoms with Crippen LogP contribution in [0.1, 0.15) is 60.8 Å². The lowest BCUT2D eigenvalue weighted by Crippen LogP contribution is -2.60. The zero-order chi connectivity index (χ0) is 15.9. The third-order valence-corrected chi connectivity index (χ3v) is 4.56. The fourth-order valence-electron chi connectivity index (χ4n) is 2.93. The van der Waals surface area contributed by atoms with Crippen molar-refractivity contribution >= 4 is 0 Å². The Morgan fingerprint density at radius 1 is 1.24 bits per heavy atom. The van der Waals surface area contributed by atoms with Crippen molar-refractivity contribution in [3.8, 4) is 0 Å². The molecule has 0 aliphatic carbocycles. The van der Waals surface area contributed by atoms with E-state index in [2.05, 4.69) is 51.8 Å². The maximum absolute atomic E-state index is 5.83. The lowest BCUT2D eigenvalue weighted by atomic mass is 9.84. The highest BCUT2D eigenvalue weighted by Gasteiger charge is 2.33. The maximum atomic E-state index is 5.83. The quantitative estimate of drug-likeness (QED) is 0.694. The molecule has 0 aromatic heterocycles. The molecule has 1 saturated heterocycles. The van der Waals surface area contributed by atoms with Crippen LogP contribution in [0.2, 0.25) is 0 Å². The van der Waals surface area contributed by atoms with E-state index in [1.165, 1.54) is 19.3 Å². The van der Waals surface area contributed by atoms with E-state index >= 15 is 0 Å². The molecule has 0 saturated carbocycles. The first-order valence-corrected chi connectivity index (χ1v) is 8.89. The Labute approximate surface area is 132 Å². The molecule has 0 spiro atoms. The minimum absolute atomic E-state index is 0.327. The van der Waals surface area contributed by atoms with Crippen LogP contribution in [0.5, 0.6) is 0 Å². The Bertz CT molecular complexity index is 273. The summed E-state index contributed by atoms with van der Waals surface area (Å²) in [5.74, 6) is 0.738. The summed E-state index contributed by atoms with van der Waals surface area (Å²) in [6, 6.07) is 1.27. The van der Waals surface area contributed by atoms with E-state index in [9.17, 15) is 0 Å². The van der Waals surface area contributed by atoms with Crippen molar-refractivity contribution < 1.29 is 4.74 Å². The van der Waals surface area contributed by atoms with Gasteiger partial charge in [-0.1, -0.05) is 48.0 Å². The lowest BCUT2D eigenvalue weighted by Gasteiger charge is -2.45. The Morgan fingerprint density at radius 2 is 1.95 bits per heavy atom. The smallest absolute Gasteiger partial charge is 0.0593 e. The summed E-state index contributed by atoms with van der Waals surface area (Å²) < 4.78 is 5.83. The van der Waals surface area contributed by atoms with Gasteiger partial charge in [0.15, 0.2) is 0 Å². The molecule has 1 fully saturated rings. The van der Waals surface area contributed by atoms with Crippen LogP contribution >= 0.6 is 0 Å². The van der Waals surface area contributed by atoms with Crippen molar-refractivity contribution in [2.75, 3.05) is 32.8 Å². The predicted octanol–water partition coefficient (Wildman–Crippen LogP) is 3.54. The molecule has 0 bridgehead atoms. The molecular formula is C18H38N2O. The topological polar surface area (TPSA) is 24.5 Å². The second-order valence-corrected chi connectivity index (χ2v) is 8.06. The molecule has 2 unspecified atom stereocenters. The van der Waals surface area contributed by atoms with Crippen LogP contribution in [0.4, 0.5) is 0 Å². The van der Waals surface area contributed by atoms with Crippen LogP contribution in [-0.4, -0.2) is 49.8 Å². The molecule has 1 N–H and O–H groups in total. The first kappa shape index (κ1) is 18.9. The maximum Gasteiger partial charge on any atom is 0.0593 e. The van der Waals surface area contributed by atoms with E-state index in [-0.39, 0.29) is 0 Å². The first-order chi connectivity index (χ1) is 9.84. The fraction of sp³-hybridized carbons (Fsp3) is 1.00. The molecule has 3 heteroatoms. The SMILES string of the molecule is CCCC1CNC(C(C)(C)C)CN1CCOCCC(C)C. The Balaban J connectivity index is 2.40. The molecule has 126 valence electrons. The van der Waals surface area contributed by atoms with E-state index in [1.54, 1.807) is 0 Å². The number of piperazine rings is 1. The van der Waals surface area contributed by atoms with Crippen LogP contribution in [0.15, 0.2) is 0 Å². The monoisotopic (exact) mass is 298 g/mol. The minimum Gasteiger partial charge on any atom is -0.380 e. The average Bonchev–Trinajstić information content (AvgIpc) is 2.38. The van der Waals surface area contributed by atoms with Crippen LogP contribution < -0.4 is 5.32 Å². The second kappa shape index (κ2) is 9.12. The molecule has 3 nitrogen and oxygen atoms in total. The largest absolute Gasteiger partial charge is 0.380 e. The average molecular weight is 299 g/mol. The Kier molecular flexibility index (Phi) is 8.22. The summed E-state index contributed by atoms with van der Waals surface area (Å²) >= 11 is 0.